The van der Waals surface area contributed by atoms with Crippen LogP contribution in [0, 0.1) is 20.8 Å². The van der Waals surface area contributed by atoms with E-state index in [4.69, 9.17) is 4.74 Å². The molecule has 0 saturated carbocycles. The Kier molecular flexibility index (Phi) is 11.7. The number of aryl methyl sites for hydroxylation is 3. The van der Waals surface area contributed by atoms with Crippen molar-refractivity contribution in [3.63, 3.8) is 0 Å². The van der Waals surface area contributed by atoms with Crippen LogP contribution in [0.25, 0.3) is 0 Å². The lowest BCUT2D eigenvalue weighted by molar-refractivity contribution is -0.140. The second kappa shape index (κ2) is 14.2. The summed E-state index contributed by atoms with van der Waals surface area (Å²) in [6.07, 6.45) is 2.36. The van der Waals surface area contributed by atoms with Gasteiger partial charge in [0.1, 0.15) is 17.7 Å². The van der Waals surface area contributed by atoms with Gasteiger partial charge in [-0.05, 0) is 89.1 Å². The molecule has 2 aromatic rings. The van der Waals surface area contributed by atoms with Crippen LogP contribution in [-0.2, 0) is 14.3 Å². The number of amides is 3. The zero-order chi connectivity index (χ0) is 28.5. The van der Waals surface area contributed by atoms with Crippen molar-refractivity contribution in [3.05, 3.63) is 64.7 Å². The number of ether oxygens (including phenoxy) is 1. The minimum Gasteiger partial charge on any atom is -0.444 e. The van der Waals surface area contributed by atoms with E-state index >= 15 is 0 Å². The number of hydrogen-bond acceptors (Lipinski definition) is 5. The Hall–Kier alpha value is -3.00. The predicted molar refractivity (Wildman–Crippen MR) is 157 cm³/mol. The van der Waals surface area contributed by atoms with Crippen LogP contribution in [0.3, 0.4) is 0 Å². The maximum atomic E-state index is 14.1. The first-order valence-corrected chi connectivity index (χ1v) is 14.5. The lowest BCUT2D eigenvalue weighted by Crippen LogP contribution is -2.53. The molecule has 2 N–H and O–H groups in total. The Morgan fingerprint density at radius 2 is 1.71 bits per heavy atom. The molecule has 0 saturated heterocycles. The average Bonchev–Trinajstić information content (AvgIpc) is 2.82. The quantitative estimate of drug-likeness (QED) is 0.355. The third-order valence-electron chi connectivity index (χ3n) is 6.03. The van der Waals surface area contributed by atoms with Crippen molar-refractivity contribution < 1.29 is 19.1 Å². The van der Waals surface area contributed by atoms with E-state index in [1.165, 1.54) is 0 Å². The Morgan fingerprint density at radius 1 is 1.03 bits per heavy atom. The van der Waals surface area contributed by atoms with Crippen LogP contribution < -0.4 is 10.6 Å². The molecule has 2 atom stereocenters. The first-order valence-electron chi connectivity index (χ1n) is 13.1. The van der Waals surface area contributed by atoms with Crippen molar-refractivity contribution in [1.82, 2.24) is 10.2 Å². The van der Waals surface area contributed by atoms with Crippen LogP contribution in [0.5, 0.6) is 0 Å². The minimum atomic E-state index is -0.875. The maximum Gasteiger partial charge on any atom is 0.408 e. The molecule has 0 spiro atoms. The Labute approximate surface area is 232 Å². The number of hydrogen-bond donors (Lipinski definition) is 2. The third-order valence-corrected chi connectivity index (χ3v) is 6.67. The van der Waals surface area contributed by atoms with E-state index in [1.54, 1.807) is 37.4 Å². The SMILES string of the molecule is CCCN(C(=O)C(CCSC)NC(=O)OC(C)(C)C)C(C(=O)Nc1ccccc1C)c1ccc(C)cc1C. The highest BCUT2D eigenvalue weighted by Gasteiger charge is 2.36. The number of nitrogens with zero attached hydrogens (tertiary/aromatic N) is 1. The van der Waals surface area contributed by atoms with E-state index in [2.05, 4.69) is 10.6 Å². The fourth-order valence-corrected chi connectivity index (χ4v) is 4.72. The zero-order valence-corrected chi connectivity index (χ0v) is 24.8. The fraction of sp³-hybridized carbons (Fsp3) is 0.500. The molecule has 0 aromatic heterocycles. The molecular formula is C30H43N3O4S. The molecule has 0 bridgehead atoms. The molecule has 0 aliphatic rings. The van der Waals surface area contributed by atoms with Crippen molar-refractivity contribution in [1.29, 1.82) is 0 Å². The number of anilines is 1. The summed E-state index contributed by atoms with van der Waals surface area (Å²) in [5.74, 6) is 0.0566. The third kappa shape index (κ3) is 9.08. The van der Waals surface area contributed by atoms with Gasteiger partial charge in [0, 0.05) is 12.2 Å². The maximum absolute atomic E-state index is 14.1. The Bertz CT molecular complexity index is 1110. The molecule has 2 rings (SSSR count). The predicted octanol–water partition coefficient (Wildman–Crippen LogP) is 6.18. The van der Waals surface area contributed by atoms with Gasteiger partial charge in [-0.3, -0.25) is 9.59 Å². The first kappa shape index (κ1) is 31.2. The lowest BCUT2D eigenvalue weighted by Gasteiger charge is -2.35. The Balaban J connectivity index is 2.53. The van der Waals surface area contributed by atoms with Crippen molar-refractivity contribution in [2.45, 2.75) is 79.0 Å². The van der Waals surface area contributed by atoms with Gasteiger partial charge < -0.3 is 20.3 Å². The fourth-order valence-electron chi connectivity index (χ4n) is 4.25. The second-order valence-electron chi connectivity index (χ2n) is 10.6. The molecule has 7 nitrogen and oxygen atoms in total. The number of benzene rings is 2. The summed E-state index contributed by atoms with van der Waals surface area (Å²) in [4.78, 5) is 42.3. The van der Waals surface area contributed by atoms with E-state index in [1.807, 2.05) is 76.4 Å². The summed E-state index contributed by atoms with van der Waals surface area (Å²) >= 11 is 1.59. The largest absolute Gasteiger partial charge is 0.444 e. The van der Waals surface area contributed by atoms with Crippen LogP contribution in [0.4, 0.5) is 10.5 Å². The molecule has 0 heterocycles. The van der Waals surface area contributed by atoms with Crippen molar-refractivity contribution in [2.75, 3.05) is 23.9 Å². The highest BCUT2D eigenvalue weighted by atomic mass is 32.2. The molecule has 0 aliphatic carbocycles. The molecule has 0 radical (unpaired) electrons. The monoisotopic (exact) mass is 541 g/mol. The summed E-state index contributed by atoms with van der Waals surface area (Å²) in [5, 5.41) is 5.83. The molecule has 2 aromatic carbocycles. The molecule has 0 fully saturated rings. The molecule has 38 heavy (non-hydrogen) atoms. The van der Waals surface area contributed by atoms with E-state index in [9.17, 15) is 14.4 Å². The zero-order valence-electron chi connectivity index (χ0n) is 24.0. The number of nitrogens with one attached hydrogen (secondary N) is 2. The summed E-state index contributed by atoms with van der Waals surface area (Å²) in [6.45, 7) is 13.5. The molecule has 2 unspecified atom stereocenters. The number of rotatable bonds is 11. The van der Waals surface area contributed by atoms with Gasteiger partial charge in [0.15, 0.2) is 0 Å². The molecule has 8 heteroatoms. The summed E-state index contributed by atoms with van der Waals surface area (Å²) in [7, 11) is 0. The number of thioether (sulfide) groups is 1. The van der Waals surface area contributed by atoms with Gasteiger partial charge in [-0.1, -0.05) is 48.9 Å². The summed E-state index contributed by atoms with van der Waals surface area (Å²) in [6, 6.07) is 11.7. The van der Waals surface area contributed by atoms with E-state index in [0.717, 1.165) is 22.3 Å². The number of para-hydroxylation sites is 1. The van der Waals surface area contributed by atoms with Gasteiger partial charge in [-0.15, -0.1) is 0 Å². The van der Waals surface area contributed by atoms with Crippen LogP contribution in [0.15, 0.2) is 42.5 Å². The smallest absolute Gasteiger partial charge is 0.408 e. The summed E-state index contributed by atoms with van der Waals surface area (Å²) < 4.78 is 5.45. The second-order valence-corrected chi connectivity index (χ2v) is 11.6. The van der Waals surface area contributed by atoms with Gasteiger partial charge in [-0.2, -0.15) is 11.8 Å². The molecule has 0 aliphatic heterocycles. The van der Waals surface area contributed by atoms with E-state index in [0.29, 0.717) is 30.8 Å². The summed E-state index contributed by atoms with van der Waals surface area (Å²) in [5.41, 5.74) is 3.67. The normalized spacial score (nSPS) is 12.8. The van der Waals surface area contributed by atoms with Crippen LogP contribution in [0.2, 0.25) is 0 Å². The van der Waals surface area contributed by atoms with Crippen LogP contribution in [-0.4, -0.2) is 53.0 Å². The van der Waals surface area contributed by atoms with Crippen LogP contribution in [0.1, 0.15) is 68.8 Å². The van der Waals surface area contributed by atoms with Gasteiger partial charge in [0.2, 0.25) is 5.91 Å². The minimum absolute atomic E-state index is 0.297. The van der Waals surface area contributed by atoms with Gasteiger partial charge in [-0.25, -0.2) is 4.79 Å². The van der Waals surface area contributed by atoms with Gasteiger partial charge in [0.05, 0.1) is 0 Å². The standard InChI is InChI=1S/C30H43N3O4S/c1-9-17-33(28(35)25(16-18-38-8)32-29(36)37-30(5,6)7)26(23-15-14-20(2)19-22(23)4)27(34)31-24-13-11-10-12-21(24)3/h10-15,19,25-26H,9,16-18H2,1-8H3,(H,31,34)(H,32,36). The highest BCUT2D eigenvalue weighted by molar-refractivity contribution is 7.98. The van der Waals surface area contributed by atoms with Crippen molar-refractivity contribution in [3.8, 4) is 0 Å². The first-order chi connectivity index (χ1) is 17.9. The molecule has 208 valence electrons. The van der Waals surface area contributed by atoms with E-state index in [-0.39, 0.29) is 11.8 Å². The lowest BCUT2D eigenvalue weighted by atomic mass is 9.96. The number of alkyl carbamates (subject to hydrolysis) is 1. The number of carbonyl (C=O) groups excluding carboxylic acids is 3. The van der Waals surface area contributed by atoms with Crippen molar-refractivity contribution >= 4 is 35.4 Å². The number of carbonyl (C=O) groups is 3. The molecule has 3 amide bonds. The van der Waals surface area contributed by atoms with E-state index < -0.39 is 23.8 Å². The van der Waals surface area contributed by atoms with Crippen molar-refractivity contribution in [2.24, 2.45) is 0 Å². The highest BCUT2D eigenvalue weighted by Crippen LogP contribution is 2.29. The van der Waals surface area contributed by atoms with Crippen LogP contribution >= 0.6 is 11.8 Å². The van der Waals surface area contributed by atoms with Gasteiger partial charge >= 0.3 is 6.09 Å². The Morgan fingerprint density at radius 3 is 2.29 bits per heavy atom. The average molecular weight is 542 g/mol. The van der Waals surface area contributed by atoms with Gasteiger partial charge in [0.25, 0.3) is 5.91 Å². The molecular weight excluding hydrogens is 498 g/mol. The topological polar surface area (TPSA) is 87.7 Å².